The van der Waals surface area contributed by atoms with E-state index in [4.69, 9.17) is 4.74 Å². The molecule has 7 heteroatoms. The van der Waals surface area contributed by atoms with Gasteiger partial charge in [-0.05, 0) is 31.2 Å². The van der Waals surface area contributed by atoms with Crippen molar-refractivity contribution in [3.05, 3.63) is 53.8 Å². The molecule has 6 nitrogen and oxygen atoms in total. The van der Waals surface area contributed by atoms with E-state index in [1.807, 2.05) is 19.1 Å². The number of hydrogen-bond donors (Lipinski definition) is 2. The molecule has 0 spiro atoms. The number of aryl methyl sites for hydroxylation is 1. The van der Waals surface area contributed by atoms with E-state index >= 15 is 0 Å². The van der Waals surface area contributed by atoms with Crippen LogP contribution in [0.15, 0.2) is 42.5 Å². The average molecular weight is 359 g/mol. The number of methoxy groups -OCH3 is 1. The molecule has 0 aromatic heterocycles. The van der Waals surface area contributed by atoms with Crippen LogP contribution in [-0.2, 0) is 9.59 Å². The summed E-state index contributed by atoms with van der Waals surface area (Å²) in [5.74, 6) is -0.694. The predicted molar refractivity (Wildman–Crippen MR) is 98.9 cm³/mol. The number of halogens is 1. The number of benzene rings is 2. The lowest BCUT2D eigenvalue weighted by Gasteiger charge is -2.18. The second-order valence-corrected chi connectivity index (χ2v) is 5.86. The van der Waals surface area contributed by atoms with E-state index in [9.17, 15) is 14.0 Å². The van der Waals surface area contributed by atoms with Gasteiger partial charge in [0.2, 0.25) is 11.8 Å². The molecule has 0 radical (unpaired) electrons. The molecule has 0 fully saturated rings. The lowest BCUT2D eigenvalue weighted by atomic mass is 10.2. The van der Waals surface area contributed by atoms with Gasteiger partial charge in [-0.1, -0.05) is 17.7 Å². The number of likely N-dealkylation sites (N-methyl/N-ethyl adjacent to an activating group) is 1. The molecule has 0 unspecified atom stereocenters. The van der Waals surface area contributed by atoms with Crippen LogP contribution in [0, 0.1) is 12.7 Å². The minimum atomic E-state index is -0.427. The molecule has 2 N–H and O–H groups in total. The van der Waals surface area contributed by atoms with Gasteiger partial charge in [0.25, 0.3) is 0 Å². The Hall–Kier alpha value is -3.09. The summed E-state index contributed by atoms with van der Waals surface area (Å²) in [6.45, 7) is 1.84. The number of anilines is 2. The first-order valence-corrected chi connectivity index (χ1v) is 8.07. The Balaban J connectivity index is 1.85. The molecule has 2 aromatic carbocycles. The van der Waals surface area contributed by atoms with E-state index in [1.165, 1.54) is 30.2 Å². The monoisotopic (exact) mass is 359 g/mol. The zero-order valence-corrected chi connectivity index (χ0v) is 15.0. The molecule has 0 saturated heterocycles. The van der Waals surface area contributed by atoms with Crippen LogP contribution in [0.5, 0.6) is 5.75 Å². The summed E-state index contributed by atoms with van der Waals surface area (Å²) in [4.78, 5) is 25.5. The molecular formula is C19H22FN3O3. The fourth-order valence-electron chi connectivity index (χ4n) is 2.26. The summed E-state index contributed by atoms with van der Waals surface area (Å²) in [6, 6.07) is 11.4. The maximum absolute atomic E-state index is 13.2. The lowest BCUT2D eigenvalue weighted by molar-refractivity contribution is -0.131. The van der Waals surface area contributed by atoms with E-state index in [1.54, 1.807) is 19.2 Å². The van der Waals surface area contributed by atoms with Crippen LogP contribution in [0.2, 0.25) is 0 Å². The highest BCUT2D eigenvalue weighted by molar-refractivity contribution is 5.95. The number of nitrogens with one attached hydrogen (secondary N) is 2. The number of rotatable bonds is 7. The van der Waals surface area contributed by atoms with Crippen molar-refractivity contribution >= 4 is 23.2 Å². The zero-order valence-electron chi connectivity index (χ0n) is 15.0. The Morgan fingerprint density at radius 3 is 2.50 bits per heavy atom. The number of hydrogen-bond acceptors (Lipinski definition) is 4. The van der Waals surface area contributed by atoms with Crippen LogP contribution in [0.3, 0.4) is 0 Å². The minimum absolute atomic E-state index is 0.0453. The Kier molecular flexibility index (Phi) is 6.54. The Morgan fingerprint density at radius 2 is 1.85 bits per heavy atom. The quantitative estimate of drug-likeness (QED) is 0.797. The van der Waals surface area contributed by atoms with Crippen LogP contribution in [0.25, 0.3) is 0 Å². The van der Waals surface area contributed by atoms with Crippen LogP contribution in [-0.4, -0.2) is 44.0 Å². The first-order valence-electron chi connectivity index (χ1n) is 8.07. The zero-order chi connectivity index (χ0) is 19.1. The van der Waals surface area contributed by atoms with Crippen molar-refractivity contribution in [1.82, 2.24) is 4.90 Å². The number of carbonyl (C=O) groups excluding carboxylic acids is 2. The Labute approximate surface area is 152 Å². The topological polar surface area (TPSA) is 70.7 Å². The Bertz CT molecular complexity index is 778. The normalized spacial score (nSPS) is 10.2. The molecule has 0 heterocycles. The summed E-state index contributed by atoms with van der Waals surface area (Å²) >= 11 is 0. The molecule has 2 aromatic rings. The van der Waals surface area contributed by atoms with Crippen molar-refractivity contribution in [2.75, 3.05) is 37.9 Å². The fraction of sp³-hybridized carbons (Fsp3) is 0.263. The summed E-state index contributed by atoms with van der Waals surface area (Å²) in [5.41, 5.74) is 2.27. The van der Waals surface area contributed by atoms with Gasteiger partial charge in [-0.15, -0.1) is 0 Å². The SMILES string of the molecule is COc1cc(F)ccc1NCC(=O)N(C)CC(=O)Nc1ccc(C)cc1. The molecule has 0 aliphatic carbocycles. The summed E-state index contributed by atoms with van der Waals surface area (Å²) in [6.07, 6.45) is 0. The van der Waals surface area contributed by atoms with Gasteiger partial charge in [0.1, 0.15) is 11.6 Å². The molecule has 0 atom stereocenters. The second kappa shape index (κ2) is 8.84. The molecule has 2 rings (SSSR count). The summed E-state index contributed by atoms with van der Waals surface area (Å²) in [7, 11) is 2.96. The summed E-state index contributed by atoms with van der Waals surface area (Å²) in [5, 5.41) is 5.62. The average Bonchev–Trinajstić information content (AvgIpc) is 2.62. The maximum atomic E-state index is 13.2. The smallest absolute Gasteiger partial charge is 0.243 e. The van der Waals surface area contributed by atoms with E-state index < -0.39 is 5.82 Å². The lowest BCUT2D eigenvalue weighted by Crippen LogP contribution is -2.38. The summed E-state index contributed by atoms with van der Waals surface area (Å²) < 4.78 is 18.2. The van der Waals surface area contributed by atoms with E-state index in [2.05, 4.69) is 10.6 Å². The van der Waals surface area contributed by atoms with E-state index in [0.717, 1.165) is 5.56 Å². The molecule has 2 amide bonds. The van der Waals surface area contributed by atoms with Gasteiger partial charge in [0.15, 0.2) is 0 Å². The van der Waals surface area contributed by atoms with Gasteiger partial charge < -0.3 is 20.3 Å². The third-order valence-corrected chi connectivity index (χ3v) is 3.74. The second-order valence-electron chi connectivity index (χ2n) is 5.86. The molecule has 0 bridgehead atoms. The van der Waals surface area contributed by atoms with Gasteiger partial charge in [-0.2, -0.15) is 0 Å². The van der Waals surface area contributed by atoms with Crippen LogP contribution in [0.1, 0.15) is 5.56 Å². The highest BCUT2D eigenvalue weighted by Crippen LogP contribution is 2.24. The standard InChI is InChI=1S/C19H22FN3O3/c1-13-4-7-15(8-5-13)22-18(24)12-23(2)19(25)11-21-16-9-6-14(20)10-17(16)26-3/h4-10,21H,11-12H2,1-3H3,(H,22,24). The van der Waals surface area contributed by atoms with Gasteiger partial charge in [0, 0.05) is 18.8 Å². The third-order valence-electron chi connectivity index (χ3n) is 3.74. The highest BCUT2D eigenvalue weighted by Gasteiger charge is 2.14. The predicted octanol–water partition coefficient (Wildman–Crippen LogP) is 2.65. The first kappa shape index (κ1) is 19.2. The van der Waals surface area contributed by atoms with Crippen molar-refractivity contribution in [1.29, 1.82) is 0 Å². The van der Waals surface area contributed by atoms with Gasteiger partial charge in [-0.3, -0.25) is 9.59 Å². The van der Waals surface area contributed by atoms with Crippen LogP contribution < -0.4 is 15.4 Å². The van der Waals surface area contributed by atoms with Crippen LogP contribution >= 0.6 is 0 Å². The fourth-order valence-corrected chi connectivity index (χ4v) is 2.26. The molecule has 0 saturated carbocycles. The molecule has 0 aliphatic rings. The molecular weight excluding hydrogens is 337 g/mol. The molecule has 0 aliphatic heterocycles. The number of carbonyl (C=O) groups is 2. The number of ether oxygens (including phenoxy) is 1. The largest absolute Gasteiger partial charge is 0.494 e. The van der Waals surface area contributed by atoms with Crippen LogP contribution in [0.4, 0.5) is 15.8 Å². The molecule has 26 heavy (non-hydrogen) atoms. The van der Waals surface area contributed by atoms with Gasteiger partial charge in [-0.25, -0.2) is 4.39 Å². The Morgan fingerprint density at radius 1 is 1.15 bits per heavy atom. The number of nitrogens with zero attached hydrogens (tertiary/aromatic N) is 1. The highest BCUT2D eigenvalue weighted by atomic mass is 19.1. The van der Waals surface area contributed by atoms with Gasteiger partial charge >= 0.3 is 0 Å². The van der Waals surface area contributed by atoms with Crippen molar-refractivity contribution in [2.45, 2.75) is 6.92 Å². The van der Waals surface area contributed by atoms with E-state index in [-0.39, 0.29) is 24.9 Å². The number of amides is 2. The van der Waals surface area contributed by atoms with Crippen molar-refractivity contribution in [2.24, 2.45) is 0 Å². The molecule has 138 valence electrons. The maximum Gasteiger partial charge on any atom is 0.243 e. The minimum Gasteiger partial charge on any atom is -0.494 e. The van der Waals surface area contributed by atoms with Gasteiger partial charge in [0.05, 0.1) is 25.9 Å². The van der Waals surface area contributed by atoms with Crippen molar-refractivity contribution in [3.63, 3.8) is 0 Å². The van der Waals surface area contributed by atoms with Crippen molar-refractivity contribution in [3.8, 4) is 5.75 Å². The van der Waals surface area contributed by atoms with Crippen molar-refractivity contribution < 1.29 is 18.7 Å². The first-order chi connectivity index (χ1) is 12.4. The third kappa shape index (κ3) is 5.47. The van der Waals surface area contributed by atoms with E-state index in [0.29, 0.717) is 17.1 Å².